The van der Waals surface area contributed by atoms with Crippen LogP contribution in [0.15, 0.2) is 84.9 Å². The lowest BCUT2D eigenvalue weighted by Gasteiger charge is -2.28. The van der Waals surface area contributed by atoms with Gasteiger partial charge in [-0.1, -0.05) is 72.3 Å². The fourth-order valence-electron chi connectivity index (χ4n) is 2.99. The normalized spacial score (nSPS) is 12.1. The zero-order valence-corrected chi connectivity index (χ0v) is 15.6. The third-order valence-electron chi connectivity index (χ3n) is 4.51. The standard InChI is InChI=1S/C23H22ClNO/c1-18(23(26)21-12-14-22(24)15-13-21)25(16-19-8-4-2-5-9-19)17-20-10-6-3-7-11-20/h2-15,18H,16-17H2,1H3. The molecule has 0 saturated heterocycles. The zero-order chi connectivity index (χ0) is 18.4. The Morgan fingerprint density at radius 3 is 1.73 bits per heavy atom. The van der Waals surface area contributed by atoms with Crippen molar-refractivity contribution in [3.8, 4) is 0 Å². The van der Waals surface area contributed by atoms with Crippen molar-refractivity contribution < 1.29 is 4.79 Å². The van der Waals surface area contributed by atoms with Gasteiger partial charge in [0.05, 0.1) is 6.04 Å². The average Bonchev–Trinajstić information content (AvgIpc) is 2.68. The van der Waals surface area contributed by atoms with Gasteiger partial charge in [0.15, 0.2) is 5.78 Å². The van der Waals surface area contributed by atoms with Gasteiger partial charge in [-0.05, 0) is 42.3 Å². The number of Topliss-reactive ketones (excluding diaryl/α,β-unsaturated/α-hetero) is 1. The Hall–Kier alpha value is -2.42. The van der Waals surface area contributed by atoms with Crippen molar-refractivity contribution in [1.82, 2.24) is 4.90 Å². The van der Waals surface area contributed by atoms with Crippen LogP contribution in [0, 0.1) is 0 Å². The van der Waals surface area contributed by atoms with Crippen LogP contribution in [0.25, 0.3) is 0 Å². The molecule has 0 amide bonds. The molecule has 0 N–H and O–H groups in total. The summed E-state index contributed by atoms with van der Waals surface area (Å²) in [6.45, 7) is 3.41. The molecule has 3 aromatic carbocycles. The van der Waals surface area contributed by atoms with E-state index in [1.165, 1.54) is 11.1 Å². The first-order chi connectivity index (χ1) is 12.6. The van der Waals surface area contributed by atoms with Gasteiger partial charge in [0.1, 0.15) is 0 Å². The molecule has 2 nitrogen and oxygen atoms in total. The number of nitrogens with zero attached hydrogens (tertiary/aromatic N) is 1. The van der Waals surface area contributed by atoms with E-state index >= 15 is 0 Å². The molecular weight excluding hydrogens is 342 g/mol. The smallest absolute Gasteiger partial charge is 0.179 e. The summed E-state index contributed by atoms with van der Waals surface area (Å²) in [7, 11) is 0. The monoisotopic (exact) mass is 363 g/mol. The molecule has 0 aliphatic rings. The fraction of sp³-hybridized carbons (Fsp3) is 0.174. The van der Waals surface area contributed by atoms with Gasteiger partial charge in [-0.3, -0.25) is 9.69 Å². The molecule has 26 heavy (non-hydrogen) atoms. The van der Waals surface area contributed by atoms with Crippen LogP contribution in [0.2, 0.25) is 5.02 Å². The lowest BCUT2D eigenvalue weighted by Crippen LogP contribution is -2.38. The Balaban J connectivity index is 1.83. The summed E-state index contributed by atoms with van der Waals surface area (Å²) in [6.07, 6.45) is 0. The summed E-state index contributed by atoms with van der Waals surface area (Å²) < 4.78 is 0. The molecule has 0 fully saturated rings. The van der Waals surface area contributed by atoms with Crippen LogP contribution in [0.3, 0.4) is 0 Å². The summed E-state index contributed by atoms with van der Waals surface area (Å²) in [4.78, 5) is 15.2. The molecule has 0 spiro atoms. The second kappa shape index (κ2) is 8.79. The first-order valence-corrected chi connectivity index (χ1v) is 9.13. The maximum absolute atomic E-state index is 13.0. The van der Waals surface area contributed by atoms with Crippen molar-refractivity contribution in [3.05, 3.63) is 107 Å². The van der Waals surface area contributed by atoms with E-state index in [9.17, 15) is 4.79 Å². The summed E-state index contributed by atoms with van der Waals surface area (Å²) in [5.41, 5.74) is 3.08. The van der Waals surface area contributed by atoms with E-state index in [4.69, 9.17) is 11.6 Å². The molecule has 1 atom stereocenters. The third-order valence-corrected chi connectivity index (χ3v) is 4.76. The molecule has 0 saturated carbocycles. The highest BCUT2D eigenvalue weighted by Gasteiger charge is 2.23. The summed E-state index contributed by atoms with van der Waals surface area (Å²) in [5, 5.41) is 0.639. The quantitative estimate of drug-likeness (QED) is 0.508. The van der Waals surface area contributed by atoms with E-state index in [0.29, 0.717) is 10.6 Å². The van der Waals surface area contributed by atoms with Crippen LogP contribution in [0.5, 0.6) is 0 Å². The van der Waals surface area contributed by atoms with Gasteiger partial charge in [-0.25, -0.2) is 0 Å². The van der Waals surface area contributed by atoms with Crippen LogP contribution < -0.4 is 0 Å². The molecular formula is C23H22ClNO. The molecule has 1 unspecified atom stereocenters. The highest BCUT2D eigenvalue weighted by molar-refractivity contribution is 6.30. The van der Waals surface area contributed by atoms with E-state index in [1.54, 1.807) is 24.3 Å². The van der Waals surface area contributed by atoms with Crippen molar-refractivity contribution in [1.29, 1.82) is 0 Å². The van der Waals surface area contributed by atoms with Crippen molar-refractivity contribution in [3.63, 3.8) is 0 Å². The molecule has 0 aliphatic carbocycles. The van der Waals surface area contributed by atoms with E-state index < -0.39 is 0 Å². The van der Waals surface area contributed by atoms with Gasteiger partial charge in [0.2, 0.25) is 0 Å². The number of hydrogen-bond acceptors (Lipinski definition) is 2. The highest BCUT2D eigenvalue weighted by atomic mass is 35.5. The molecule has 0 radical (unpaired) electrons. The Kier molecular flexibility index (Phi) is 6.21. The lowest BCUT2D eigenvalue weighted by atomic mass is 10.0. The van der Waals surface area contributed by atoms with Crippen LogP contribution in [0.4, 0.5) is 0 Å². The minimum atomic E-state index is -0.239. The topological polar surface area (TPSA) is 20.3 Å². The predicted molar refractivity (Wildman–Crippen MR) is 107 cm³/mol. The van der Waals surface area contributed by atoms with Crippen molar-refractivity contribution >= 4 is 17.4 Å². The number of carbonyl (C=O) groups is 1. The van der Waals surface area contributed by atoms with E-state index in [0.717, 1.165) is 13.1 Å². The second-order valence-electron chi connectivity index (χ2n) is 6.42. The predicted octanol–water partition coefficient (Wildman–Crippen LogP) is 5.61. The average molecular weight is 364 g/mol. The van der Waals surface area contributed by atoms with Crippen molar-refractivity contribution in [2.75, 3.05) is 0 Å². The second-order valence-corrected chi connectivity index (χ2v) is 6.86. The van der Waals surface area contributed by atoms with Crippen LogP contribution in [0.1, 0.15) is 28.4 Å². The fourth-order valence-corrected chi connectivity index (χ4v) is 3.11. The molecule has 0 aliphatic heterocycles. The Labute approximate surface area is 160 Å². The van der Waals surface area contributed by atoms with Crippen molar-refractivity contribution in [2.45, 2.75) is 26.1 Å². The number of benzene rings is 3. The summed E-state index contributed by atoms with van der Waals surface area (Å²) in [6, 6.07) is 27.4. The van der Waals surface area contributed by atoms with E-state index in [-0.39, 0.29) is 11.8 Å². The molecule has 0 heterocycles. The van der Waals surface area contributed by atoms with E-state index in [1.807, 2.05) is 43.3 Å². The number of halogens is 1. The molecule has 0 bridgehead atoms. The van der Waals surface area contributed by atoms with Gasteiger partial charge in [-0.15, -0.1) is 0 Å². The first kappa shape index (κ1) is 18.4. The van der Waals surface area contributed by atoms with Gasteiger partial charge in [0, 0.05) is 23.7 Å². The lowest BCUT2D eigenvalue weighted by molar-refractivity contribution is 0.0816. The third kappa shape index (κ3) is 4.81. The SMILES string of the molecule is CC(C(=O)c1ccc(Cl)cc1)N(Cc1ccccc1)Cc1ccccc1. The minimum Gasteiger partial charge on any atom is -0.292 e. The Morgan fingerprint density at radius 2 is 1.27 bits per heavy atom. The first-order valence-electron chi connectivity index (χ1n) is 8.75. The number of hydrogen-bond donors (Lipinski definition) is 0. The summed E-state index contributed by atoms with van der Waals surface area (Å²) in [5.74, 6) is 0.105. The largest absolute Gasteiger partial charge is 0.292 e. The summed E-state index contributed by atoms with van der Waals surface area (Å²) >= 11 is 5.95. The van der Waals surface area contributed by atoms with Crippen LogP contribution in [-0.4, -0.2) is 16.7 Å². The molecule has 3 heteroatoms. The van der Waals surface area contributed by atoms with Gasteiger partial charge < -0.3 is 0 Å². The van der Waals surface area contributed by atoms with E-state index in [2.05, 4.69) is 29.2 Å². The van der Waals surface area contributed by atoms with Crippen molar-refractivity contribution in [2.24, 2.45) is 0 Å². The van der Waals surface area contributed by atoms with Crippen LogP contribution in [-0.2, 0) is 13.1 Å². The van der Waals surface area contributed by atoms with Gasteiger partial charge >= 0.3 is 0 Å². The minimum absolute atomic E-state index is 0.105. The molecule has 0 aromatic heterocycles. The van der Waals surface area contributed by atoms with Crippen LogP contribution >= 0.6 is 11.6 Å². The maximum Gasteiger partial charge on any atom is 0.179 e. The zero-order valence-electron chi connectivity index (χ0n) is 14.8. The Bertz CT molecular complexity index is 790. The number of rotatable bonds is 7. The van der Waals surface area contributed by atoms with Gasteiger partial charge in [-0.2, -0.15) is 0 Å². The van der Waals surface area contributed by atoms with Gasteiger partial charge in [0.25, 0.3) is 0 Å². The molecule has 3 aromatic rings. The molecule has 3 rings (SSSR count). The number of ketones is 1. The number of carbonyl (C=O) groups excluding carboxylic acids is 1. The maximum atomic E-state index is 13.0. The Morgan fingerprint density at radius 1 is 0.808 bits per heavy atom. The molecule has 132 valence electrons. The highest BCUT2D eigenvalue weighted by Crippen LogP contribution is 2.18.